The van der Waals surface area contributed by atoms with E-state index in [1.807, 2.05) is 0 Å². The first-order chi connectivity index (χ1) is 23.3. The smallest absolute Gasteiger partial charge is 0.0547 e. The Balaban J connectivity index is 0.993. The Morgan fingerprint density at radius 1 is 0.298 bits per heavy atom. The molecular weight excluding hydrogens is 567 g/mol. The van der Waals surface area contributed by atoms with Gasteiger partial charge in [-0.05, 0) is 96.7 Å². The number of hydrogen-bond donors (Lipinski definition) is 0. The quantitative estimate of drug-likeness (QED) is 0.191. The van der Waals surface area contributed by atoms with Crippen LogP contribution in [0.4, 0.5) is 0 Å². The van der Waals surface area contributed by atoms with E-state index in [4.69, 9.17) is 0 Å². The molecule has 1 heterocycles. The SMILES string of the molecule is c1ccc(-n2c3ccccc3c3c(-c4ccc(-c5ccc(-c6ccc7c(c6)-c6cccc8cccc-7c68)cc5)cc4)cccc32)cc1. The summed E-state index contributed by atoms with van der Waals surface area (Å²) < 4.78 is 2.38. The van der Waals surface area contributed by atoms with E-state index in [1.54, 1.807) is 0 Å². The van der Waals surface area contributed by atoms with Crippen LogP contribution in [0.3, 0.4) is 0 Å². The van der Waals surface area contributed by atoms with Gasteiger partial charge < -0.3 is 4.57 Å². The van der Waals surface area contributed by atoms with Gasteiger partial charge in [0.25, 0.3) is 0 Å². The Morgan fingerprint density at radius 3 is 1.60 bits per heavy atom. The van der Waals surface area contributed by atoms with Crippen LogP contribution in [-0.4, -0.2) is 4.57 Å². The van der Waals surface area contributed by atoms with Crippen molar-refractivity contribution in [2.75, 3.05) is 0 Å². The van der Waals surface area contributed by atoms with E-state index >= 15 is 0 Å². The third-order valence-corrected chi connectivity index (χ3v) is 9.96. The zero-order chi connectivity index (χ0) is 30.9. The van der Waals surface area contributed by atoms with Crippen LogP contribution in [0.1, 0.15) is 0 Å². The second kappa shape index (κ2) is 10.2. The van der Waals surface area contributed by atoms with Gasteiger partial charge >= 0.3 is 0 Å². The standard InChI is InChI=1S/C46H29N/c1-2-11-36(12-3-1)47-43-17-5-4-13-41(43)46-37(14-8-18-44(46)47)33-25-23-31(24-26-33)30-19-21-32(22-20-30)35-27-28-38-39-15-6-9-34-10-7-16-40(45(34)39)42(38)29-35/h1-29H. The number of hydrogen-bond acceptors (Lipinski definition) is 0. The lowest BCUT2D eigenvalue weighted by Gasteiger charge is -2.10. The van der Waals surface area contributed by atoms with Crippen LogP contribution in [0.25, 0.3) is 93.9 Å². The molecule has 0 aliphatic heterocycles. The molecule has 0 bridgehead atoms. The highest BCUT2D eigenvalue weighted by Crippen LogP contribution is 2.48. The average molecular weight is 596 g/mol. The number of nitrogens with zero attached hydrogens (tertiary/aromatic N) is 1. The van der Waals surface area contributed by atoms with Crippen molar-refractivity contribution in [3.63, 3.8) is 0 Å². The highest BCUT2D eigenvalue weighted by molar-refractivity contribution is 6.16. The molecule has 10 rings (SSSR count). The first-order valence-electron chi connectivity index (χ1n) is 16.3. The van der Waals surface area contributed by atoms with Gasteiger partial charge in [-0.2, -0.15) is 0 Å². The number of aromatic nitrogens is 1. The molecule has 0 N–H and O–H groups in total. The van der Waals surface area contributed by atoms with E-state index in [9.17, 15) is 0 Å². The molecular formula is C46H29N. The molecule has 0 radical (unpaired) electrons. The summed E-state index contributed by atoms with van der Waals surface area (Å²) in [6, 6.07) is 64.3. The highest BCUT2D eigenvalue weighted by Gasteiger charge is 2.21. The summed E-state index contributed by atoms with van der Waals surface area (Å²) in [5, 5.41) is 5.24. The molecule has 0 saturated carbocycles. The van der Waals surface area contributed by atoms with Crippen molar-refractivity contribution in [3.05, 3.63) is 176 Å². The first-order valence-corrected chi connectivity index (χ1v) is 16.3. The van der Waals surface area contributed by atoms with Crippen molar-refractivity contribution >= 4 is 32.6 Å². The molecule has 0 atom stereocenters. The maximum absolute atomic E-state index is 2.38. The molecule has 1 heteroatoms. The number of benzene rings is 8. The van der Waals surface area contributed by atoms with Crippen molar-refractivity contribution < 1.29 is 0 Å². The normalized spacial score (nSPS) is 11.8. The zero-order valence-corrected chi connectivity index (χ0v) is 25.7. The second-order valence-corrected chi connectivity index (χ2v) is 12.5. The lowest BCUT2D eigenvalue weighted by Crippen LogP contribution is -1.92. The summed E-state index contributed by atoms with van der Waals surface area (Å²) in [4.78, 5) is 0. The van der Waals surface area contributed by atoms with Gasteiger partial charge in [0.2, 0.25) is 0 Å². The summed E-state index contributed by atoms with van der Waals surface area (Å²) >= 11 is 0. The Bertz CT molecular complexity index is 2630. The van der Waals surface area contributed by atoms with E-state index in [0.717, 1.165) is 0 Å². The molecule has 0 amide bonds. The summed E-state index contributed by atoms with van der Waals surface area (Å²) in [5.41, 5.74) is 16.4. The van der Waals surface area contributed by atoms with Crippen LogP contribution in [0.5, 0.6) is 0 Å². The molecule has 0 unspecified atom stereocenters. The van der Waals surface area contributed by atoms with Crippen LogP contribution >= 0.6 is 0 Å². The van der Waals surface area contributed by atoms with Crippen molar-refractivity contribution in [3.8, 4) is 61.3 Å². The highest BCUT2D eigenvalue weighted by atomic mass is 15.0. The molecule has 1 nitrogen and oxygen atoms in total. The maximum Gasteiger partial charge on any atom is 0.0547 e. The summed E-state index contributed by atoms with van der Waals surface area (Å²) in [6.45, 7) is 0. The van der Waals surface area contributed by atoms with Gasteiger partial charge in [0.05, 0.1) is 11.0 Å². The molecule has 0 fully saturated rings. The molecule has 1 aliphatic carbocycles. The van der Waals surface area contributed by atoms with E-state index in [0.29, 0.717) is 0 Å². The van der Waals surface area contributed by atoms with Gasteiger partial charge in [-0.15, -0.1) is 0 Å². The van der Waals surface area contributed by atoms with Crippen LogP contribution in [0, 0.1) is 0 Å². The van der Waals surface area contributed by atoms with Gasteiger partial charge in [0.1, 0.15) is 0 Å². The van der Waals surface area contributed by atoms with Gasteiger partial charge in [0, 0.05) is 16.5 Å². The van der Waals surface area contributed by atoms with Gasteiger partial charge in [-0.25, -0.2) is 0 Å². The number of rotatable bonds is 4. The van der Waals surface area contributed by atoms with Gasteiger partial charge in [-0.1, -0.05) is 146 Å². The average Bonchev–Trinajstić information content (AvgIpc) is 3.66. The molecule has 0 spiro atoms. The van der Waals surface area contributed by atoms with Gasteiger partial charge in [-0.3, -0.25) is 0 Å². The minimum absolute atomic E-state index is 1.18. The molecule has 1 aromatic heterocycles. The van der Waals surface area contributed by atoms with Crippen LogP contribution in [0.15, 0.2) is 176 Å². The maximum atomic E-state index is 2.38. The molecule has 218 valence electrons. The van der Waals surface area contributed by atoms with E-state index in [-0.39, 0.29) is 0 Å². The van der Waals surface area contributed by atoms with Crippen LogP contribution in [-0.2, 0) is 0 Å². The fourth-order valence-corrected chi connectivity index (χ4v) is 7.78. The fraction of sp³-hybridized carbons (Fsp3) is 0. The number of para-hydroxylation sites is 2. The van der Waals surface area contributed by atoms with Crippen LogP contribution in [0.2, 0.25) is 0 Å². The van der Waals surface area contributed by atoms with Crippen LogP contribution < -0.4 is 0 Å². The van der Waals surface area contributed by atoms with Crippen molar-refractivity contribution in [1.82, 2.24) is 4.57 Å². The van der Waals surface area contributed by atoms with Crippen molar-refractivity contribution in [1.29, 1.82) is 0 Å². The van der Waals surface area contributed by atoms with E-state index in [2.05, 4.69) is 180 Å². The Hall–Kier alpha value is -6.18. The fourth-order valence-electron chi connectivity index (χ4n) is 7.78. The lowest BCUT2D eigenvalue weighted by molar-refractivity contribution is 1.18. The predicted octanol–water partition coefficient (Wildman–Crippen LogP) is 12.6. The molecule has 0 saturated heterocycles. The monoisotopic (exact) mass is 595 g/mol. The number of fused-ring (bicyclic) bond motifs is 6. The second-order valence-electron chi connectivity index (χ2n) is 12.5. The Labute approximate surface area is 273 Å². The Morgan fingerprint density at radius 2 is 0.851 bits per heavy atom. The minimum atomic E-state index is 1.18. The minimum Gasteiger partial charge on any atom is -0.309 e. The lowest BCUT2D eigenvalue weighted by atomic mass is 9.95. The largest absolute Gasteiger partial charge is 0.309 e. The van der Waals surface area contributed by atoms with Crippen molar-refractivity contribution in [2.45, 2.75) is 0 Å². The van der Waals surface area contributed by atoms with E-state index in [1.165, 1.54) is 93.9 Å². The molecule has 8 aromatic carbocycles. The first kappa shape index (κ1) is 26.1. The summed E-state index contributed by atoms with van der Waals surface area (Å²) in [5.74, 6) is 0. The van der Waals surface area contributed by atoms with E-state index < -0.39 is 0 Å². The topological polar surface area (TPSA) is 4.93 Å². The molecule has 9 aromatic rings. The summed E-state index contributed by atoms with van der Waals surface area (Å²) in [7, 11) is 0. The molecule has 1 aliphatic rings. The van der Waals surface area contributed by atoms with Crippen molar-refractivity contribution in [2.24, 2.45) is 0 Å². The third-order valence-electron chi connectivity index (χ3n) is 9.96. The predicted molar refractivity (Wildman–Crippen MR) is 199 cm³/mol. The summed E-state index contributed by atoms with van der Waals surface area (Å²) in [6.07, 6.45) is 0. The molecule has 47 heavy (non-hydrogen) atoms. The third kappa shape index (κ3) is 3.97. The van der Waals surface area contributed by atoms with Gasteiger partial charge in [0.15, 0.2) is 0 Å². The Kier molecular flexibility index (Phi) is 5.64. The zero-order valence-electron chi connectivity index (χ0n) is 25.7.